The Labute approximate surface area is 328 Å². The van der Waals surface area contributed by atoms with E-state index in [2.05, 4.69) is 28.6 Å². The number of nitrogens with two attached hydrogens (primary N) is 6. The molecule has 0 saturated heterocycles. The van der Waals surface area contributed by atoms with Crippen LogP contribution >= 0.6 is 12.6 Å². The molecule has 1 aromatic rings. The molecular weight excluding hydrogens is 711 g/mol. The molecule has 1 aromatic carbocycles. The van der Waals surface area contributed by atoms with Crippen LogP contribution in [-0.4, -0.2) is 93.6 Å². The first-order valence-electron chi connectivity index (χ1n) is 19.8. The minimum Gasteiger partial charge on any atom is -0.488 e. The van der Waals surface area contributed by atoms with Gasteiger partial charge in [0.25, 0.3) is 0 Å². The maximum absolute atomic E-state index is 12.6. The van der Waals surface area contributed by atoms with E-state index in [0.29, 0.717) is 81.8 Å². The first-order valence-corrected chi connectivity index (χ1v) is 20.4. The molecule has 0 aliphatic rings. The Morgan fingerprint density at radius 1 is 0.593 bits per heavy atom. The van der Waals surface area contributed by atoms with Crippen LogP contribution in [0.4, 0.5) is 0 Å². The van der Waals surface area contributed by atoms with Crippen molar-refractivity contribution >= 4 is 36.1 Å². The van der Waals surface area contributed by atoms with Crippen molar-refractivity contribution in [1.82, 2.24) is 16.0 Å². The standard InChI is InChI=1S/C38H71N9O6S/c1-2-27-24-34(52-22-20-47-38(51)32(44)15-8-11-19-45-36(49)31(43)14-7-10-18-40)35(25-28(27)26-54)53-23-21-46-37(50)30(42)13-4-3-5-16-33(48)29(41)12-6-9-17-39/h24-25,29-32,54H,2-23,26,39-44H2,1H3,(H,45,49)(H,46,50)(H,47,51)/t29-,30-,31-,32-/m0/s1. The lowest BCUT2D eigenvalue weighted by atomic mass is 10.0. The quantitative estimate of drug-likeness (QED) is 0.0354. The molecule has 0 aromatic heterocycles. The Balaban J connectivity index is 2.42. The van der Waals surface area contributed by atoms with Gasteiger partial charge >= 0.3 is 0 Å². The summed E-state index contributed by atoms with van der Waals surface area (Å²) in [4.78, 5) is 49.4. The van der Waals surface area contributed by atoms with Crippen molar-refractivity contribution in [1.29, 1.82) is 0 Å². The van der Waals surface area contributed by atoms with Gasteiger partial charge in [-0.1, -0.05) is 32.6 Å². The summed E-state index contributed by atoms with van der Waals surface area (Å²) in [5, 5.41) is 8.47. The number of benzene rings is 1. The third kappa shape index (κ3) is 21.2. The average Bonchev–Trinajstić information content (AvgIpc) is 3.17. The number of ether oxygens (including phenoxy) is 2. The van der Waals surface area contributed by atoms with E-state index in [1.54, 1.807) is 0 Å². The molecular formula is C38H71N9O6S. The van der Waals surface area contributed by atoms with Crippen LogP contribution < -0.4 is 59.8 Å². The largest absolute Gasteiger partial charge is 0.488 e. The van der Waals surface area contributed by atoms with E-state index < -0.39 is 24.2 Å². The Morgan fingerprint density at radius 2 is 1.02 bits per heavy atom. The fourth-order valence-corrected chi connectivity index (χ4v) is 6.00. The van der Waals surface area contributed by atoms with Gasteiger partial charge in [0.2, 0.25) is 17.7 Å². The number of nitrogens with one attached hydrogen (secondary N) is 3. The first-order chi connectivity index (χ1) is 26.0. The van der Waals surface area contributed by atoms with Crippen molar-refractivity contribution < 1.29 is 28.7 Å². The van der Waals surface area contributed by atoms with Crippen LogP contribution in [0.1, 0.15) is 108 Å². The minimum atomic E-state index is -0.681. The number of thiol groups is 1. The van der Waals surface area contributed by atoms with Crippen molar-refractivity contribution in [2.24, 2.45) is 34.4 Å². The van der Waals surface area contributed by atoms with Crippen molar-refractivity contribution in [3.8, 4) is 11.5 Å². The molecule has 0 fully saturated rings. The van der Waals surface area contributed by atoms with E-state index in [9.17, 15) is 19.2 Å². The smallest absolute Gasteiger partial charge is 0.237 e. The van der Waals surface area contributed by atoms with Crippen LogP contribution in [-0.2, 0) is 31.4 Å². The highest BCUT2D eigenvalue weighted by Crippen LogP contribution is 2.32. The third-order valence-corrected chi connectivity index (χ3v) is 9.52. The van der Waals surface area contributed by atoms with Crippen molar-refractivity contribution in [2.45, 2.75) is 133 Å². The fraction of sp³-hybridized carbons (Fsp3) is 0.737. The maximum atomic E-state index is 12.6. The summed E-state index contributed by atoms with van der Waals surface area (Å²) in [6.45, 7) is 4.57. The molecule has 0 bridgehead atoms. The van der Waals surface area contributed by atoms with Gasteiger partial charge in [0.05, 0.1) is 37.3 Å². The van der Waals surface area contributed by atoms with Crippen LogP contribution in [0.5, 0.6) is 11.5 Å². The van der Waals surface area contributed by atoms with Crippen molar-refractivity contribution in [3.63, 3.8) is 0 Å². The van der Waals surface area contributed by atoms with Gasteiger partial charge in [-0.2, -0.15) is 12.6 Å². The number of rotatable bonds is 33. The summed E-state index contributed by atoms with van der Waals surface area (Å²) in [6, 6.07) is 1.49. The number of Topliss-reactive ketones (excluding diaryl/α,β-unsaturated/α-hetero) is 1. The molecule has 0 saturated carbocycles. The molecule has 310 valence electrons. The Hall–Kier alpha value is -2.99. The van der Waals surface area contributed by atoms with Gasteiger partial charge in [-0.15, -0.1) is 0 Å². The van der Waals surface area contributed by atoms with E-state index in [0.717, 1.165) is 62.5 Å². The first kappa shape index (κ1) is 49.0. The van der Waals surface area contributed by atoms with Gasteiger partial charge < -0.3 is 59.8 Å². The lowest BCUT2D eigenvalue weighted by Crippen LogP contribution is -2.42. The number of unbranched alkanes of at least 4 members (excludes halogenated alkanes) is 5. The molecule has 0 radical (unpaired) electrons. The lowest BCUT2D eigenvalue weighted by Gasteiger charge is -2.18. The molecule has 54 heavy (non-hydrogen) atoms. The average molecular weight is 782 g/mol. The van der Waals surface area contributed by atoms with E-state index in [4.69, 9.17) is 43.9 Å². The fourth-order valence-electron chi connectivity index (χ4n) is 5.71. The molecule has 0 aliphatic carbocycles. The Morgan fingerprint density at radius 3 is 1.48 bits per heavy atom. The number of hydrogen-bond donors (Lipinski definition) is 10. The molecule has 0 aliphatic heterocycles. The summed E-state index contributed by atoms with van der Waals surface area (Å²) < 4.78 is 12.0. The number of hydrogen-bond acceptors (Lipinski definition) is 13. The zero-order valence-electron chi connectivity index (χ0n) is 32.6. The van der Waals surface area contributed by atoms with Crippen LogP contribution in [0, 0.1) is 0 Å². The zero-order chi connectivity index (χ0) is 40.1. The van der Waals surface area contributed by atoms with Gasteiger partial charge in [-0.3, -0.25) is 19.2 Å². The molecule has 15 N–H and O–H groups in total. The second-order valence-electron chi connectivity index (χ2n) is 13.7. The molecule has 4 atom stereocenters. The second kappa shape index (κ2) is 30.3. The van der Waals surface area contributed by atoms with Gasteiger partial charge in [-0.25, -0.2) is 0 Å². The summed E-state index contributed by atoms with van der Waals surface area (Å²) in [6.07, 6.45) is 10.4. The Bertz CT molecular complexity index is 1140. The molecule has 0 heterocycles. The van der Waals surface area contributed by atoms with E-state index >= 15 is 0 Å². The molecule has 0 unspecified atom stereocenters. The number of carbonyl (C=O) groups is 4. The second-order valence-corrected chi connectivity index (χ2v) is 14.0. The summed E-state index contributed by atoms with van der Waals surface area (Å²) in [5.41, 5.74) is 37.1. The van der Waals surface area contributed by atoms with Crippen molar-refractivity contribution in [2.75, 3.05) is 45.9 Å². The normalized spacial score (nSPS) is 13.4. The maximum Gasteiger partial charge on any atom is 0.237 e. The Kier molecular flexibility index (Phi) is 27.5. The SMILES string of the molecule is CCc1cc(OCCNC(=O)[C@@H](N)CCCCNC(=O)[C@@H](N)CCCCN)c(OCCNC(=O)[C@@H](N)CCCCCC(=O)[C@@H](N)CCCCN)cc1CS. The van der Waals surface area contributed by atoms with Crippen molar-refractivity contribution in [3.05, 3.63) is 23.3 Å². The lowest BCUT2D eigenvalue weighted by molar-refractivity contribution is -0.123. The minimum absolute atomic E-state index is 0.0694. The van der Waals surface area contributed by atoms with Gasteiger partial charge in [0, 0.05) is 18.7 Å². The topological polar surface area (TPSA) is 279 Å². The molecule has 0 spiro atoms. The number of aryl methyl sites for hydroxylation is 1. The van der Waals surface area contributed by atoms with Crippen LogP contribution in [0.3, 0.4) is 0 Å². The predicted molar refractivity (Wildman–Crippen MR) is 218 cm³/mol. The molecule has 1 rings (SSSR count). The molecule has 3 amide bonds. The van der Waals surface area contributed by atoms with E-state index in [1.807, 2.05) is 19.1 Å². The summed E-state index contributed by atoms with van der Waals surface area (Å²) in [5.74, 6) is 0.900. The zero-order valence-corrected chi connectivity index (χ0v) is 33.5. The summed E-state index contributed by atoms with van der Waals surface area (Å²) >= 11 is 4.46. The van der Waals surface area contributed by atoms with Gasteiger partial charge in [0.15, 0.2) is 11.5 Å². The third-order valence-electron chi connectivity index (χ3n) is 9.18. The number of amides is 3. The van der Waals surface area contributed by atoms with E-state index in [1.165, 1.54) is 0 Å². The van der Waals surface area contributed by atoms with Crippen LogP contribution in [0.2, 0.25) is 0 Å². The van der Waals surface area contributed by atoms with E-state index in [-0.39, 0.29) is 49.8 Å². The van der Waals surface area contributed by atoms with Gasteiger partial charge in [0.1, 0.15) is 19.0 Å². The monoisotopic (exact) mass is 782 g/mol. The highest BCUT2D eigenvalue weighted by atomic mass is 32.1. The highest BCUT2D eigenvalue weighted by Gasteiger charge is 2.17. The summed E-state index contributed by atoms with van der Waals surface area (Å²) in [7, 11) is 0. The molecule has 16 heteroatoms. The van der Waals surface area contributed by atoms with Gasteiger partial charge in [-0.05, 0) is 101 Å². The molecule has 15 nitrogen and oxygen atoms in total. The highest BCUT2D eigenvalue weighted by molar-refractivity contribution is 7.79. The number of carbonyl (C=O) groups excluding carboxylic acids is 4. The predicted octanol–water partition coefficient (Wildman–Crippen LogP) is 1.04. The van der Waals surface area contributed by atoms with Crippen LogP contribution in [0.25, 0.3) is 0 Å². The van der Waals surface area contributed by atoms with Crippen LogP contribution in [0.15, 0.2) is 12.1 Å². The number of ketones is 1.